The SMILES string of the molecule is O=C1OC[C@H]1N(Cc1ccccc1)C(=O)CS(=O)(=O)c1ccccc1. The van der Waals surface area contributed by atoms with Gasteiger partial charge in [-0.25, -0.2) is 13.2 Å². The van der Waals surface area contributed by atoms with Crippen LogP contribution in [0.1, 0.15) is 5.56 Å². The maximum absolute atomic E-state index is 12.7. The molecule has 0 saturated carbocycles. The van der Waals surface area contributed by atoms with Gasteiger partial charge >= 0.3 is 5.97 Å². The summed E-state index contributed by atoms with van der Waals surface area (Å²) in [6, 6.07) is 16.2. The molecule has 1 saturated heterocycles. The van der Waals surface area contributed by atoms with Crippen molar-refractivity contribution in [3.8, 4) is 0 Å². The summed E-state index contributed by atoms with van der Waals surface area (Å²) < 4.78 is 29.6. The van der Waals surface area contributed by atoms with Gasteiger partial charge in [-0.15, -0.1) is 0 Å². The van der Waals surface area contributed by atoms with Crippen LogP contribution in [0.4, 0.5) is 0 Å². The molecule has 1 atom stereocenters. The van der Waals surface area contributed by atoms with Crippen molar-refractivity contribution < 1.29 is 22.7 Å². The second-order valence-corrected chi connectivity index (χ2v) is 7.71. The molecule has 0 spiro atoms. The van der Waals surface area contributed by atoms with Crippen molar-refractivity contribution in [2.75, 3.05) is 12.4 Å². The van der Waals surface area contributed by atoms with Crippen LogP contribution >= 0.6 is 0 Å². The summed E-state index contributed by atoms with van der Waals surface area (Å²) in [4.78, 5) is 25.7. The number of esters is 1. The van der Waals surface area contributed by atoms with Gasteiger partial charge in [-0.05, 0) is 17.7 Å². The fourth-order valence-corrected chi connectivity index (χ4v) is 3.78. The number of nitrogens with zero attached hydrogens (tertiary/aromatic N) is 1. The van der Waals surface area contributed by atoms with Gasteiger partial charge < -0.3 is 9.64 Å². The van der Waals surface area contributed by atoms with Crippen LogP contribution < -0.4 is 0 Å². The smallest absolute Gasteiger partial charge is 0.332 e. The Labute approximate surface area is 145 Å². The van der Waals surface area contributed by atoms with Gasteiger partial charge in [-0.3, -0.25) is 4.79 Å². The summed E-state index contributed by atoms with van der Waals surface area (Å²) in [6.07, 6.45) is 0. The molecule has 0 radical (unpaired) electrons. The molecule has 0 bridgehead atoms. The first-order valence-electron chi connectivity index (χ1n) is 7.75. The lowest BCUT2D eigenvalue weighted by molar-refractivity contribution is -0.175. The number of amides is 1. The van der Waals surface area contributed by atoms with Crippen molar-refractivity contribution in [1.29, 1.82) is 0 Å². The van der Waals surface area contributed by atoms with Crippen LogP contribution in [0.2, 0.25) is 0 Å². The summed E-state index contributed by atoms with van der Waals surface area (Å²) in [5, 5.41) is 0. The number of carbonyl (C=O) groups is 2. The zero-order valence-electron chi connectivity index (χ0n) is 13.4. The Kier molecular flexibility index (Phi) is 4.85. The van der Waals surface area contributed by atoms with E-state index in [0.29, 0.717) is 0 Å². The van der Waals surface area contributed by atoms with E-state index in [2.05, 4.69) is 0 Å². The summed E-state index contributed by atoms with van der Waals surface area (Å²) in [6.45, 7) is 0.243. The molecular weight excluding hydrogens is 342 g/mol. The molecule has 2 aromatic carbocycles. The maximum atomic E-state index is 12.7. The van der Waals surface area contributed by atoms with Gasteiger partial charge in [0.05, 0.1) is 4.90 Å². The topological polar surface area (TPSA) is 80.8 Å². The molecular formula is C18H17NO5S. The van der Waals surface area contributed by atoms with E-state index in [1.807, 2.05) is 30.3 Å². The number of ether oxygens (including phenoxy) is 1. The zero-order chi connectivity index (χ0) is 17.9. The summed E-state index contributed by atoms with van der Waals surface area (Å²) in [5.41, 5.74) is 0.813. The predicted molar refractivity (Wildman–Crippen MR) is 90.2 cm³/mol. The average molecular weight is 359 g/mol. The average Bonchev–Trinajstić information content (AvgIpc) is 2.61. The number of rotatable bonds is 6. The third kappa shape index (κ3) is 3.88. The highest BCUT2D eigenvalue weighted by atomic mass is 32.2. The Morgan fingerprint density at radius 2 is 1.64 bits per heavy atom. The second kappa shape index (κ2) is 7.06. The Hall–Kier alpha value is -2.67. The van der Waals surface area contributed by atoms with Crippen molar-refractivity contribution in [2.45, 2.75) is 17.5 Å². The fourth-order valence-electron chi connectivity index (χ4n) is 2.55. The Morgan fingerprint density at radius 1 is 1.04 bits per heavy atom. The van der Waals surface area contributed by atoms with Gasteiger partial charge in [-0.2, -0.15) is 0 Å². The van der Waals surface area contributed by atoms with Crippen molar-refractivity contribution in [1.82, 2.24) is 4.90 Å². The second-order valence-electron chi connectivity index (χ2n) is 5.73. The van der Waals surface area contributed by atoms with Gasteiger partial charge in [0.15, 0.2) is 15.9 Å². The van der Waals surface area contributed by atoms with Crippen LogP contribution in [0.3, 0.4) is 0 Å². The molecule has 130 valence electrons. The lowest BCUT2D eigenvalue weighted by Gasteiger charge is -2.35. The molecule has 1 aliphatic heterocycles. The van der Waals surface area contributed by atoms with E-state index in [4.69, 9.17) is 4.74 Å². The fraction of sp³-hybridized carbons (Fsp3) is 0.222. The van der Waals surface area contributed by atoms with Gasteiger partial charge in [0.25, 0.3) is 0 Å². The van der Waals surface area contributed by atoms with Crippen molar-refractivity contribution >= 4 is 21.7 Å². The molecule has 1 amide bonds. The standard InChI is InChI=1S/C18H17NO5S/c20-17(13-25(22,23)15-9-5-2-6-10-15)19(16-12-24-18(16)21)11-14-7-3-1-4-8-14/h1-10,16H,11-13H2/t16-/m1/s1. The molecule has 3 rings (SSSR count). The molecule has 7 heteroatoms. The normalized spacial score (nSPS) is 16.6. The minimum Gasteiger partial charge on any atom is -0.461 e. The largest absolute Gasteiger partial charge is 0.461 e. The van der Waals surface area contributed by atoms with Crippen LogP contribution in [0, 0.1) is 0 Å². The van der Waals surface area contributed by atoms with Crippen LogP contribution in [-0.4, -0.2) is 43.6 Å². The monoisotopic (exact) mass is 359 g/mol. The van der Waals surface area contributed by atoms with Crippen molar-refractivity contribution in [3.05, 3.63) is 66.2 Å². The van der Waals surface area contributed by atoms with E-state index in [9.17, 15) is 18.0 Å². The van der Waals surface area contributed by atoms with E-state index < -0.39 is 33.5 Å². The first kappa shape index (κ1) is 17.2. The minimum atomic E-state index is -3.78. The lowest BCUT2D eigenvalue weighted by atomic mass is 10.1. The van der Waals surface area contributed by atoms with Crippen LogP contribution in [-0.2, 0) is 30.7 Å². The Morgan fingerprint density at radius 3 is 2.16 bits per heavy atom. The molecule has 1 fully saturated rings. The summed E-state index contributed by atoms with van der Waals surface area (Å²) in [5.74, 6) is -1.82. The summed E-state index contributed by atoms with van der Waals surface area (Å²) in [7, 11) is -3.78. The van der Waals surface area contributed by atoms with Gasteiger partial charge in [0.1, 0.15) is 12.4 Å². The molecule has 0 aliphatic carbocycles. The quantitative estimate of drug-likeness (QED) is 0.729. The van der Waals surface area contributed by atoms with Gasteiger partial charge in [0, 0.05) is 6.54 Å². The third-order valence-corrected chi connectivity index (χ3v) is 5.58. The number of cyclic esters (lactones) is 1. The first-order valence-corrected chi connectivity index (χ1v) is 9.40. The molecule has 0 aromatic heterocycles. The highest BCUT2D eigenvalue weighted by molar-refractivity contribution is 7.92. The van der Waals surface area contributed by atoms with Crippen molar-refractivity contribution in [2.24, 2.45) is 0 Å². The van der Waals surface area contributed by atoms with Gasteiger partial charge in [0.2, 0.25) is 5.91 Å². The molecule has 0 unspecified atom stereocenters. The molecule has 2 aromatic rings. The zero-order valence-corrected chi connectivity index (χ0v) is 14.2. The highest BCUT2D eigenvalue weighted by Gasteiger charge is 2.40. The number of carbonyl (C=O) groups excluding carboxylic acids is 2. The summed E-state index contributed by atoms with van der Waals surface area (Å²) >= 11 is 0. The molecule has 1 aliphatic rings. The minimum absolute atomic E-state index is 0.0826. The van der Waals surface area contributed by atoms with Crippen LogP contribution in [0.5, 0.6) is 0 Å². The predicted octanol–water partition coefficient (Wildman–Crippen LogP) is 1.41. The van der Waals surface area contributed by atoms with Crippen molar-refractivity contribution in [3.63, 3.8) is 0 Å². The molecule has 6 nitrogen and oxygen atoms in total. The molecule has 1 heterocycles. The van der Waals surface area contributed by atoms with Gasteiger partial charge in [-0.1, -0.05) is 48.5 Å². The van der Waals surface area contributed by atoms with E-state index in [0.717, 1.165) is 5.56 Å². The molecule has 0 N–H and O–H groups in total. The first-order chi connectivity index (χ1) is 12.0. The Bertz CT molecular complexity index is 865. The number of sulfone groups is 1. The van der Waals surface area contributed by atoms with Crippen LogP contribution in [0.15, 0.2) is 65.6 Å². The lowest BCUT2D eigenvalue weighted by Crippen LogP contribution is -2.56. The van der Waals surface area contributed by atoms with E-state index in [1.165, 1.54) is 17.0 Å². The molecule has 25 heavy (non-hydrogen) atoms. The number of hydrogen-bond donors (Lipinski definition) is 0. The number of benzene rings is 2. The van der Waals surface area contributed by atoms with E-state index in [-0.39, 0.29) is 18.0 Å². The van der Waals surface area contributed by atoms with E-state index >= 15 is 0 Å². The highest BCUT2D eigenvalue weighted by Crippen LogP contribution is 2.19. The van der Waals surface area contributed by atoms with Crippen LogP contribution in [0.25, 0.3) is 0 Å². The third-order valence-electron chi connectivity index (χ3n) is 3.96. The van der Waals surface area contributed by atoms with E-state index in [1.54, 1.807) is 18.2 Å². The Balaban J connectivity index is 1.81. The number of hydrogen-bond acceptors (Lipinski definition) is 5. The maximum Gasteiger partial charge on any atom is 0.332 e.